The van der Waals surface area contributed by atoms with Crippen molar-refractivity contribution >= 4 is 8.32 Å². The number of hydrogen-bond acceptors (Lipinski definition) is 4. The van der Waals surface area contributed by atoms with E-state index in [-0.39, 0.29) is 0 Å². The van der Waals surface area contributed by atoms with Crippen molar-refractivity contribution < 1.29 is 19.4 Å². The fourth-order valence-corrected chi connectivity index (χ4v) is 8.96. The van der Waals surface area contributed by atoms with Crippen molar-refractivity contribution in [3.05, 3.63) is 12.3 Å². The molecule has 20 heavy (non-hydrogen) atoms. The molecule has 1 rings (SSSR count). The zero-order valence-corrected chi connectivity index (χ0v) is 14.5. The normalized spacial score (nSPS) is 27.4. The monoisotopic (exact) mass is 302 g/mol. The van der Waals surface area contributed by atoms with Crippen molar-refractivity contribution in [1.29, 1.82) is 0 Å². The standard InChI is InChI=1S/C15H30O4Si/c1-10(2)20(11(3)4,12(5)6)19-9-14-15(17)13(16)7-8-18-14/h7-8,10-17H,9H2,1-6H3/t13?,14?,15-/m1/s1. The molecule has 3 atom stereocenters. The summed E-state index contributed by atoms with van der Waals surface area (Å²) in [5.41, 5.74) is 1.47. The Bertz CT molecular complexity index is 306. The van der Waals surface area contributed by atoms with Crippen LogP contribution in [0.3, 0.4) is 0 Å². The molecule has 2 N–H and O–H groups in total. The Morgan fingerprint density at radius 3 is 2.00 bits per heavy atom. The van der Waals surface area contributed by atoms with Crippen LogP contribution in [0.25, 0.3) is 0 Å². The molecular weight excluding hydrogens is 272 g/mol. The van der Waals surface area contributed by atoms with Gasteiger partial charge in [-0.05, 0) is 22.7 Å². The lowest BCUT2D eigenvalue weighted by Crippen LogP contribution is -2.51. The summed E-state index contributed by atoms with van der Waals surface area (Å²) >= 11 is 0. The molecule has 5 heteroatoms. The summed E-state index contributed by atoms with van der Waals surface area (Å²) in [5.74, 6) is 0. The molecule has 0 aromatic heterocycles. The maximum Gasteiger partial charge on any atom is 0.200 e. The highest BCUT2D eigenvalue weighted by Crippen LogP contribution is 2.42. The SMILES string of the molecule is CC(C)[Si](OCC1OC=CC(O)[C@H]1O)(C(C)C)C(C)C. The third kappa shape index (κ3) is 3.45. The van der Waals surface area contributed by atoms with Crippen molar-refractivity contribution in [3.63, 3.8) is 0 Å². The van der Waals surface area contributed by atoms with Crippen molar-refractivity contribution in [3.8, 4) is 0 Å². The maximum atomic E-state index is 9.96. The average molecular weight is 302 g/mol. The summed E-state index contributed by atoms with van der Waals surface area (Å²) in [5, 5.41) is 19.6. The lowest BCUT2D eigenvalue weighted by molar-refractivity contribution is -0.0792. The summed E-state index contributed by atoms with van der Waals surface area (Å²) in [6.45, 7) is 13.7. The summed E-state index contributed by atoms with van der Waals surface area (Å²) in [7, 11) is -1.96. The van der Waals surface area contributed by atoms with Gasteiger partial charge in [0.05, 0.1) is 12.9 Å². The number of aliphatic hydroxyl groups excluding tert-OH is 2. The molecule has 0 aromatic carbocycles. The van der Waals surface area contributed by atoms with E-state index >= 15 is 0 Å². The zero-order chi connectivity index (χ0) is 15.5. The molecule has 0 aliphatic carbocycles. The average Bonchev–Trinajstić information content (AvgIpc) is 2.33. The second kappa shape index (κ2) is 7.07. The van der Waals surface area contributed by atoms with Crippen LogP contribution >= 0.6 is 0 Å². The predicted octanol–water partition coefficient (Wildman–Crippen LogP) is 2.81. The number of rotatable bonds is 6. The van der Waals surface area contributed by atoms with E-state index in [1.54, 1.807) is 0 Å². The summed E-state index contributed by atoms with van der Waals surface area (Å²) < 4.78 is 11.8. The first-order valence-electron chi connectivity index (χ1n) is 7.55. The van der Waals surface area contributed by atoms with E-state index in [0.717, 1.165) is 0 Å². The fourth-order valence-electron chi connectivity index (χ4n) is 3.51. The van der Waals surface area contributed by atoms with Gasteiger partial charge in [0.25, 0.3) is 0 Å². The predicted molar refractivity (Wildman–Crippen MR) is 83.0 cm³/mol. The van der Waals surface area contributed by atoms with E-state index < -0.39 is 26.6 Å². The molecule has 0 spiro atoms. The zero-order valence-electron chi connectivity index (χ0n) is 13.5. The van der Waals surface area contributed by atoms with Gasteiger partial charge in [0.1, 0.15) is 18.3 Å². The van der Waals surface area contributed by atoms with Crippen LogP contribution in [0, 0.1) is 0 Å². The van der Waals surface area contributed by atoms with E-state index in [0.29, 0.717) is 23.2 Å². The van der Waals surface area contributed by atoms with Crippen LogP contribution in [0.2, 0.25) is 16.6 Å². The molecule has 118 valence electrons. The van der Waals surface area contributed by atoms with Gasteiger partial charge < -0.3 is 19.4 Å². The van der Waals surface area contributed by atoms with Crippen molar-refractivity contribution in [1.82, 2.24) is 0 Å². The van der Waals surface area contributed by atoms with Gasteiger partial charge in [0, 0.05) is 0 Å². The Kier molecular flexibility index (Phi) is 6.25. The summed E-state index contributed by atoms with van der Waals surface area (Å²) in [6.07, 6.45) is 0.635. The lowest BCUT2D eigenvalue weighted by Gasteiger charge is -2.43. The largest absolute Gasteiger partial charge is 0.493 e. The van der Waals surface area contributed by atoms with Gasteiger partial charge in [0.15, 0.2) is 0 Å². The van der Waals surface area contributed by atoms with Gasteiger partial charge in [-0.2, -0.15) is 0 Å². The van der Waals surface area contributed by atoms with Gasteiger partial charge in [0.2, 0.25) is 8.32 Å². The van der Waals surface area contributed by atoms with E-state index in [1.165, 1.54) is 12.3 Å². The smallest absolute Gasteiger partial charge is 0.200 e. The highest BCUT2D eigenvalue weighted by Gasteiger charge is 2.46. The maximum absolute atomic E-state index is 9.96. The van der Waals surface area contributed by atoms with Crippen molar-refractivity contribution in [2.75, 3.05) is 6.61 Å². The minimum absolute atomic E-state index is 0.337. The topological polar surface area (TPSA) is 58.9 Å². The molecule has 0 amide bonds. The molecule has 1 heterocycles. The number of hydrogen-bond donors (Lipinski definition) is 2. The third-order valence-corrected chi connectivity index (χ3v) is 10.5. The molecule has 0 radical (unpaired) electrons. The highest BCUT2D eigenvalue weighted by atomic mass is 28.4. The first kappa shape index (κ1) is 17.7. The minimum Gasteiger partial charge on any atom is -0.493 e. The van der Waals surface area contributed by atoms with Crippen LogP contribution in [-0.2, 0) is 9.16 Å². The second-order valence-electron chi connectivity index (χ2n) is 6.61. The Balaban J connectivity index is 2.79. The molecule has 1 aliphatic rings. The Labute approximate surface area is 123 Å². The molecule has 0 aromatic rings. The van der Waals surface area contributed by atoms with Gasteiger partial charge >= 0.3 is 0 Å². The summed E-state index contributed by atoms with van der Waals surface area (Å²) in [4.78, 5) is 0. The molecule has 4 nitrogen and oxygen atoms in total. The van der Waals surface area contributed by atoms with Gasteiger partial charge in [-0.1, -0.05) is 41.5 Å². The van der Waals surface area contributed by atoms with E-state index in [4.69, 9.17) is 9.16 Å². The van der Waals surface area contributed by atoms with Crippen LogP contribution in [-0.4, -0.2) is 43.4 Å². The van der Waals surface area contributed by atoms with Crippen LogP contribution in [0.4, 0.5) is 0 Å². The second-order valence-corrected chi connectivity index (χ2v) is 12.1. The van der Waals surface area contributed by atoms with E-state index in [2.05, 4.69) is 41.5 Å². The van der Waals surface area contributed by atoms with Crippen LogP contribution in [0.5, 0.6) is 0 Å². The Morgan fingerprint density at radius 1 is 1.05 bits per heavy atom. The number of ether oxygens (including phenoxy) is 1. The van der Waals surface area contributed by atoms with Crippen molar-refractivity contribution in [2.24, 2.45) is 0 Å². The van der Waals surface area contributed by atoms with Crippen LogP contribution < -0.4 is 0 Å². The van der Waals surface area contributed by atoms with Gasteiger partial charge in [-0.3, -0.25) is 0 Å². The third-order valence-electron chi connectivity index (χ3n) is 4.46. The molecule has 0 bridgehead atoms. The quantitative estimate of drug-likeness (QED) is 0.741. The molecule has 0 saturated carbocycles. The molecule has 0 fully saturated rings. The molecule has 1 aliphatic heterocycles. The van der Waals surface area contributed by atoms with Gasteiger partial charge in [-0.25, -0.2) is 0 Å². The lowest BCUT2D eigenvalue weighted by atomic mass is 10.1. The molecule has 2 unspecified atom stereocenters. The first-order valence-corrected chi connectivity index (χ1v) is 9.69. The molecule has 0 saturated heterocycles. The van der Waals surface area contributed by atoms with Crippen LogP contribution in [0.15, 0.2) is 12.3 Å². The minimum atomic E-state index is -1.96. The Hall–Kier alpha value is -0.363. The van der Waals surface area contributed by atoms with Crippen LogP contribution in [0.1, 0.15) is 41.5 Å². The Morgan fingerprint density at radius 2 is 1.55 bits per heavy atom. The first-order chi connectivity index (χ1) is 9.23. The molecular formula is C15H30O4Si. The van der Waals surface area contributed by atoms with E-state index in [1.807, 2.05) is 0 Å². The number of aliphatic hydroxyl groups is 2. The summed E-state index contributed by atoms with van der Waals surface area (Å²) in [6, 6.07) is 0. The van der Waals surface area contributed by atoms with Gasteiger partial charge in [-0.15, -0.1) is 0 Å². The fraction of sp³-hybridized carbons (Fsp3) is 0.867. The van der Waals surface area contributed by atoms with E-state index in [9.17, 15) is 10.2 Å². The van der Waals surface area contributed by atoms with Crippen molar-refractivity contribution in [2.45, 2.75) is 76.5 Å². The highest BCUT2D eigenvalue weighted by molar-refractivity contribution is 6.77.